The molecule has 2 aromatic rings. The van der Waals surface area contributed by atoms with E-state index >= 15 is 0 Å². The third-order valence-corrected chi connectivity index (χ3v) is 6.73. The first-order valence-corrected chi connectivity index (χ1v) is 9.97. The van der Waals surface area contributed by atoms with Crippen LogP contribution in [-0.2, 0) is 4.74 Å². The zero-order chi connectivity index (χ0) is 18.1. The first-order valence-electron chi connectivity index (χ1n) is 9.59. The van der Waals surface area contributed by atoms with E-state index < -0.39 is 0 Å². The normalized spacial score (nSPS) is 30.9. The fourth-order valence-corrected chi connectivity index (χ4v) is 5.06. The Morgan fingerprint density at radius 1 is 1.07 bits per heavy atom. The van der Waals surface area contributed by atoms with Crippen LogP contribution in [0.2, 0.25) is 5.02 Å². The van der Waals surface area contributed by atoms with Gasteiger partial charge in [-0.05, 0) is 31.2 Å². The molecule has 6 heterocycles. The largest absolute Gasteiger partial charge is 0.382 e. The summed E-state index contributed by atoms with van der Waals surface area (Å²) >= 11 is 6.21. The van der Waals surface area contributed by atoms with Gasteiger partial charge in [-0.15, -0.1) is 0 Å². The van der Waals surface area contributed by atoms with Gasteiger partial charge in [0.25, 0.3) is 0 Å². The zero-order valence-electron chi connectivity index (χ0n) is 14.9. The van der Waals surface area contributed by atoms with Crippen molar-refractivity contribution in [2.75, 3.05) is 35.2 Å². The minimum absolute atomic E-state index is 0.323. The summed E-state index contributed by atoms with van der Waals surface area (Å²) in [5.74, 6) is 2.94. The number of aromatic nitrogens is 3. The number of anilines is 3. The van der Waals surface area contributed by atoms with Crippen molar-refractivity contribution in [3.05, 3.63) is 23.4 Å². The highest BCUT2D eigenvalue weighted by Crippen LogP contribution is 2.43. The topological polar surface area (TPSA) is 80.4 Å². The lowest BCUT2D eigenvalue weighted by Crippen LogP contribution is -2.38. The molecular weight excluding hydrogens is 364 g/mol. The summed E-state index contributed by atoms with van der Waals surface area (Å²) in [5, 5.41) is 0.450. The molecule has 4 aliphatic heterocycles. The van der Waals surface area contributed by atoms with Gasteiger partial charge in [-0.3, -0.25) is 0 Å². The predicted octanol–water partition coefficient (Wildman–Crippen LogP) is 2.35. The number of hydrogen-bond acceptors (Lipinski definition) is 7. The van der Waals surface area contributed by atoms with Gasteiger partial charge in [0.15, 0.2) is 0 Å². The first-order chi connectivity index (χ1) is 13.1. The molecule has 140 valence electrons. The number of nitrogens with two attached hydrogens (primary N) is 1. The van der Waals surface area contributed by atoms with E-state index in [9.17, 15) is 0 Å². The smallest absolute Gasteiger partial charge is 0.228 e. The van der Waals surface area contributed by atoms with Crippen LogP contribution in [-0.4, -0.2) is 52.8 Å². The van der Waals surface area contributed by atoms with Crippen molar-refractivity contribution in [1.82, 2.24) is 15.0 Å². The molecule has 0 aromatic carbocycles. The molecule has 1 saturated carbocycles. The molecule has 0 radical (unpaired) electrons. The van der Waals surface area contributed by atoms with Crippen LogP contribution in [0.25, 0.3) is 11.3 Å². The summed E-state index contributed by atoms with van der Waals surface area (Å²) in [7, 11) is 0. The molecule has 7 nitrogen and oxygen atoms in total. The Morgan fingerprint density at radius 2 is 1.96 bits per heavy atom. The monoisotopic (exact) mass is 384 g/mol. The van der Waals surface area contributed by atoms with Crippen LogP contribution in [0.4, 0.5) is 17.6 Å². The number of ether oxygens (including phenoxy) is 1. The van der Waals surface area contributed by atoms with Gasteiger partial charge in [-0.2, -0.15) is 4.98 Å². The molecule has 1 aliphatic carbocycles. The Bertz CT molecular complexity index is 917. The molecule has 27 heavy (non-hydrogen) atoms. The second-order valence-corrected chi connectivity index (χ2v) is 8.55. The molecule has 4 bridgehead atoms. The molecule has 2 unspecified atom stereocenters. The third kappa shape index (κ3) is 2.48. The maximum absolute atomic E-state index is 6.21. The lowest BCUT2D eigenvalue weighted by molar-refractivity contribution is 0.0989. The average molecular weight is 385 g/mol. The highest BCUT2D eigenvalue weighted by atomic mass is 35.5. The molecule has 4 saturated heterocycles. The molecule has 5 aliphatic rings. The van der Waals surface area contributed by atoms with Crippen molar-refractivity contribution in [3.63, 3.8) is 0 Å². The minimum atomic E-state index is 0.323. The van der Waals surface area contributed by atoms with Gasteiger partial charge in [0.2, 0.25) is 5.95 Å². The van der Waals surface area contributed by atoms with E-state index in [4.69, 9.17) is 32.0 Å². The SMILES string of the molecule is Nc1ncc(-c2cc(N3CC4CC3CO4)nc(N3CC4CC3C4)n2)cc1Cl. The minimum Gasteiger partial charge on any atom is -0.382 e. The molecule has 2 N–H and O–H groups in total. The van der Waals surface area contributed by atoms with Crippen LogP contribution < -0.4 is 15.5 Å². The van der Waals surface area contributed by atoms with Gasteiger partial charge < -0.3 is 20.3 Å². The van der Waals surface area contributed by atoms with Crippen LogP contribution in [0.5, 0.6) is 0 Å². The van der Waals surface area contributed by atoms with Gasteiger partial charge in [0, 0.05) is 37.0 Å². The van der Waals surface area contributed by atoms with E-state index in [0.717, 1.165) is 55.1 Å². The van der Waals surface area contributed by atoms with Crippen molar-refractivity contribution < 1.29 is 4.74 Å². The molecule has 7 rings (SSSR count). The van der Waals surface area contributed by atoms with Crippen molar-refractivity contribution >= 4 is 29.2 Å². The van der Waals surface area contributed by atoms with Crippen molar-refractivity contribution in [2.24, 2.45) is 5.92 Å². The van der Waals surface area contributed by atoms with Crippen LogP contribution in [0.3, 0.4) is 0 Å². The number of nitrogens with zero attached hydrogens (tertiary/aromatic N) is 5. The standard InChI is InChI=1S/C19H21ClN6O/c20-15-3-11(6-22-18(15)21)16-5-17(25-8-14-4-13(25)9-27-14)24-19(23-16)26-7-10-1-12(26)2-10/h3,5-6,10,12-14H,1-2,4,7-9H2,(H2,21,22). The predicted molar refractivity (Wildman–Crippen MR) is 104 cm³/mol. The van der Waals surface area contributed by atoms with E-state index in [1.807, 2.05) is 12.1 Å². The lowest BCUT2D eigenvalue weighted by atomic mass is 9.86. The molecule has 0 amide bonds. The molecule has 5 fully saturated rings. The second-order valence-electron chi connectivity index (χ2n) is 8.14. The second kappa shape index (κ2) is 5.69. The summed E-state index contributed by atoms with van der Waals surface area (Å²) in [6.07, 6.45) is 5.67. The molecule has 0 spiro atoms. The lowest BCUT2D eigenvalue weighted by Gasteiger charge is -2.30. The summed E-state index contributed by atoms with van der Waals surface area (Å²) in [5.41, 5.74) is 7.50. The van der Waals surface area contributed by atoms with E-state index in [1.165, 1.54) is 12.8 Å². The van der Waals surface area contributed by atoms with Gasteiger partial charge in [0.05, 0.1) is 29.5 Å². The average Bonchev–Trinajstić information content (AvgIpc) is 3.43. The van der Waals surface area contributed by atoms with Crippen LogP contribution >= 0.6 is 11.6 Å². The quantitative estimate of drug-likeness (QED) is 0.869. The number of nitrogen functional groups attached to an aromatic ring is 1. The van der Waals surface area contributed by atoms with Crippen molar-refractivity contribution in [2.45, 2.75) is 37.5 Å². The molecule has 2 aromatic heterocycles. The Labute approximate surface area is 162 Å². The number of pyridine rings is 1. The maximum Gasteiger partial charge on any atom is 0.228 e. The molecule has 8 heteroatoms. The summed E-state index contributed by atoms with van der Waals surface area (Å²) in [6.45, 7) is 2.74. The van der Waals surface area contributed by atoms with E-state index in [0.29, 0.717) is 29.0 Å². The number of rotatable bonds is 3. The first kappa shape index (κ1) is 15.9. The highest BCUT2D eigenvalue weighted by molar-refractivity contribution is 6.33. The zero-order valence-corrected chi connectivity index (χ0v) is 15.6. The Morgan fingerprint density at radius 3 is 2.63 bits per heavy atom. The van der Waals surface area contributed by atoms with Crippen molar-refractivity contribution in [3.8, 4) is 11.3 Å². The number of fused-ring (bicyclic) bond motifs is 3. The van der Waals surface area contributed by atoms with Crippen LogP contribution in [0.1, 0.15) is 19.3 Å². The van der Waals surface area contributed by atoms with Crippen molar-refractivity contribution in [1.29, 1.82) is 0 Å². The van der Waals surface area contributed by atoms with Gasteiger partial charge in [0.1, 0.15) is 11.6 Å². The van der Waals surface area contributed by atoms with E-state index in [1.54, 1.807) is 6.20 Å². The molecule has 2 atom stereocenters. The van der Waals surface area contributed by atoms with E-state index in [-0.39, 0.29) is 0 Å². The van der Waals surface area contributed by atoms with Crippen LogP contribution in [0, 0.1) is 5.92 Å². The number of hydrogen-bond donors (Lipinski definition) is 1. The Balaban J connectivity index is 1.44. The van der Waals surface area contributed by atoms with Gasteiger partial charge in [-0.1, -0.05) is 11.6 Å². The van der Waals surface area contributed by atoms with Crippen LogP contribution in [0.15, 0.2) is 18.3 Å². The third-order valence-electron chi connectivity index (χ3n) is 6.42. The highest BCUT2D eigenvalue weighted by Gasteiger charge is 2.45. The summed E-state index contributed by atoms with van der Waals surface area (Å²) in [4.78, 5) is 18.8. The Hall–Kier alpha value is -2.12. The van der Waals surface area contributed by atoms with Gasteiger partial charge in [-0.25, -0.2) is 9.97 Å². The molecular formula is C19H21ClN6O. The Kier molecular flexibility index (Phi) is 3.35. The summed E-state index contributed by atoms with van der Waals surface area (Å²) < 4.78 is 5.76. The van der Waals surface area contributed by atoms with E-state index in [2.05, 4.69) is 14.8 Å². The summed E-state index contributed by atoms with van der Waals surface area (Å²) in [6, 6.07) is 4.88. The number of halogens is 1. The van der Waals surface area contributed by atoms with Gasteiger partial charge >= 0.3 is 0 Å². The fraction of sp³-hybridized carbons (Fsp3) is 0.526. The maximum atomic E-state index is 6.21. The number of morpholine rings is 1. The fourth-order valence-electron chi connectivity index (χ4n) is 4.89.